The Balaban J connectivity index is 2.12. The average Bonchev–Trinajstić information content (AvgIpc) is 2.99. The molecule has 0 aliphatic rings. The molecule has 2 rings (SSSR count). The van der Waals surface area contributed by atoms with E-state index in [1.807, 2.05) is 11.5 Å². The predicted molar refractivity (Wildman–Crippen MR) is 93.0 cm³/mol. The van der Waals surface area contributed by atoms with Crippen LogP contribution in [0.25, 0.3) is 0 Å². The summed E-state index contributed by atoms with van der Waals surface area (Å²) < 4.78 is 25.5. The molecule has 0 fully saturated rings. The number of nitrogens with zero attached hydrogens (tertiary/aromatic N) is 3. The first-order valence-corrected chi connectivity index (χ1v) is 8.78. The lowest BCUT2D eigenvalue weighted by Gasteiger charge is -2.15. The summed E-state index contributed by atoms with van der Waals surface area (Å²) in [5.74, 6) is 0.639. The minimum absolute atomic E-state index is 0.149. The fraction of sp³-hybridized carbons (Fsp3) is 0.353. The Hall–Kier alpha value is -2.35. The maximum absolute atomic E-state index is 13.0. The molecule has 8 heteroatoms. The van der Waals surface area contributed by atoms with E-state index in [1.54, 1.807) is 25.1 Å². The van der Waals surface area contributed by atoms with Gasteiger partial charge in [0.1, 0.15) is 11.6 Å². The van der Waals surface area contributed by atoms with E-state index in [-0.39, 0.29) is 17.5 Å². The van der Waals surface area contributed by atoms with Gasteiger partial charge in [0.2, 0.25) is 0 Å². The zero-order valence-corrected chi connectivity index (χ0v) is 15.0. The van der Waals surface area contributed by atoms with Crippen LogP contribution in [0.1, 0.15) is 25.8 Å². The highest BCUT2D eigenvalue weighted by Gasteiger charge is 2.20. The summed E-state index contributed by atoms with van der Waals surface area (Å²) in [7, 11) is 0. The Morgan fingerprint density at radius 2 is 2.12 bits per heavy atom. The van der Waals surface area contributed by atoms with Crippen molar-refractivity contribution in [1.29, 1.82) is 0 Å². The predicted octanol–water partition coefficient (Wildman–Crippen LogP) is 3.40. The number of allylic oxidation sites excluding steroid dienone is 1. The van der Waals surface area contributed by atoms with E-state index in [0.29, 0.717) is 29.9 Å². The molecule has 1 heterocycles. The van der Waals surface area contributed by atoms with Crippen molar-refractivity contribution in [2.75, 3.05) is 12.4 Å². The number of carbonyl (C=O) groups excluding carboxylic acids is 1. The number of benzene rings is 1. The molecule has 25 heavy (non-hydrogen) atoms. The van der Waals surface area contributed by atoms with Crippen LogP contribution in [0, 0.1) is 5.82 Å². The molecule has 0 bridgehead atoms. The van der Waals surface area contributed by atoms with Crippen LogP contribution in [0.5, 0.6) is 5.75 Å². The topological polar surface area (TPSA) is 66.2 Å². The monoisotopic (exact) mass is 365 g/mol. The maximum atomic E-state index is 13.0. The number of thioether (sulfide) groups is 1. The SMILES string of the molecule is C=CCn1c(SCC(=O)OCC)nnc1C(C)Oc1ccc(F)cc1. The third-order valence-electron chi connectivity index (χ3n) is 3.17. The summed E-state index contributed by atoms with van der Waals surface area (Å²) in [6.45, 7) is 8.14. The quantitative estimate of drug-likeness (QED) is 0.385. The summed E-state index contributed by atoms with van der Waals surface area (Å²) in [6, 6.07) is 5.77. The number of rotatable bonds is 9. The Morgan fingerprint density at radius 3 is 2.76 bits per heavy atom. The van der Waals surface area contributed by atoms with Crippen molar-refractivity contribution in [2.24, 2.45) is 0 Å². The van der Waals surface area contributed by atoms with Gasteiger partial charge in [-0.15, -0.1) is 16.8 Å². The molecule has 0 N–H and O–H groups in total. The van der Waals surface area contributed by atoms with Crippen LogP contribution in [-0.4, -0.2) is 33.1 Å². The van der Waals surface area contributed by atoms with Gasteiger partial charge in [0.15, 0.2) is 17.1 Å². The number of halogens is 1. The number of ether oxygens (including phenoxy) is 2. The van der Waals surface area contributed by atoms with Crippen molar-refractivity contribution in [3.8, 4) is 5.75 Å². The first-order chi connectivity index (χ1) is 12.0. The number of carbonyl (C=O) groups is 1. The Morgan fingerprint density at radius 1 is 1.40 bits per heavy atom. The molecule has 0 spiro atoms. The van der Waals surface area contributed by atoms with E-state index in [9.17, 15) is 9.18 Å². The van der Waals surface area contributed by atoms with Crippen molar-refractivity contribution in [3.63, 3.8) is 0 Å². The van der Waals surface area contributed by atoms with Crippen LogP contribution >= 0.6 is 11.8 Å². The normalized spacial score (nSPS) is 11.8. The molecular weight excluding hydrogens is 345 g/mol. The van der Waals surface area contributed by atoms with E-state index < -0.39 is 6.10 Å². The van der Waals surface area contributed by atoms with Gasteiger partial charge in [0, 0.05) is 6.54 Å². The Kier molecular flexibility index (Phi) is 7.00. The number of esters is 1. The maximum Gasteiger partial charge on any atom is 0.316 e. The minimum Gasteiger partial charge on any atom is -0.483 e. The molecule has 2 aromatic rings. The van der Waals surface area contributed by atoms with Gasteiger partial charge in [0.25, 0.3) is 0 Å². The summed E-state index contributed by atoms with van der Waals surface area (Å²) in [6.07, 6.45) is 1.31. The Bertz CT molecular complexity index is 718. The molecule has 0 amide bonds. The van der Waals surface area contributed by atoms with Gasteiger partial charge in [-0.3, -0.25) is 9.36 Å². The lowest BCUT2D eigenvalue weighted by Crippen LogP contribution is -2.13. The van der Waals surface area contributed by atoms with E-state index in [1.165, 1.54) is 23.9 Å². The summed E-state index contributed by atoms with van der Waals surface area (Å²) in [4.78, 5) is 11.5. The van der Waals surface area contributed by atoms with Crippen molar-refractivity contribution in [3.05, 3.63) is 48.6 Å². The van der Waals surface area contributed by atoms with Gasteiger partial charge in [0.05, 0.1) is 12.4 Å². The van der Waals surface area contributed by atoms with Gasteiger partial charge in [-0.25, -0.2) is 4.39 Å². The van der Waals surface area contributed by atoms with E-state index in [2.05, 4.69) is 16.8 Å². The number of hydrogen-bond donors (Lipinski definition) is 0. The fourth-order valence-electron chi connectivity index (χ4n) is 2.10. The molecule has 6 nitrogen and oxygen atoms in total. The fourth-order valence-corrected chi connectivity index (χ4v) is 2.86. The molecule has 0 radical (unpaired) electrons. The van der Waals surface area contributed by atoms with Gasteiger partial charge in [-0.2, -0.15) is 0 Å². The van der Waals surface area contributed by atoms with E-state index in [4.69, 9.17) is 9.47 Å². The molecule has 1 atom stereocenters. The van der Waals surface area contributed by atoms with Gasteiger partial charge in [-0.05, 0) is 38.1 Å². The van der Waals surface area contributed by atoms with Gasteiger partial charge < -0.3 is 9.47 Å². The molecule has 0 aliphatic heterocycles. The highest BCUT2D eigenvalue weighted by Crippen LogP contribution is 2.25. The van der Waals surface area contributed by atoms with Crippen LogP contribution in [0.4, 0.5) is 4.39 Å². The first-order valence-electron chi connectivity index (χ1n) is 7.79. The van der Waals surface area contributed by atoms with Crippen LogP contribution in [0.15, 0.2) is 42.1 Å². The molecule has 0 saturated carbocycles. The molecule has 0 saturated heterocycles. The van der Waals surface area contributed by atoms with Crippen molar-refractivity contribution in [1.82, 2.24) is 14.8 Å². The first kappa shape index (κ1) is 19.0. The third-order valence-corrected chi connectivity index (χ3v) is 4.11. The molecule has 1 aromatic heterocycles. The largest absolute Gasteiger partial charge is 0.483 e. The van der Waals surface area contributed by atoms with Crippen molar-refractivity contribution >= 4 is 17.7 Å². The lowest BCUT2D eigenvalue weighted by molar-refractivity contribution is -0.139. The summed E-state index contributed by atoms with van der Waals surface area (Å²) >= 11 is 1.24. The summed E-state index contributed by atoms with van der Waals surface area (Å²) in [5.41, 5.74) is 0. The number of aromatic nitrogens is 3. The third kappa shape index (κ3) is 5.32. The minimum atomic E-state index is -0.408. The summed E-state index contributed by atoms with van der Waals surface area (Å²) in [5, 5.41) is 8.87. The van der Waals surface area contributed by atoms with Crippen LogP contribution in [0.2, 0.25) is 0 Å². The second-order valence-electron chi connectivity index (χ2n) is 5.05. The van der Waals surface area contributed by atoms with Crippen LogP contribution in [-0.2, 0) is 16.1 Å². The smallest absolute Gasteiger partial charge is 0.316 e. The molecule has 0 aliphatic carbocycles. The molecule has 134 valence electrons. The zero-order chi connectivity index (χ0) is 18.2. The van der Waals surface area contributed by atoms with Gasteiger partial charge >= 0.3 is 5.97 Å². The van der Waals surface area contributed by atoms with E-state index >= 15 is 0 Å². The number of hydrogen-bond acceptors (Lipinski definition) is 6. The second kappa shape index (κ2) is 9.22. The zero-order valence-electron chi connectivity index (χ0n) is 14.1. The van der Waals surface area contributed by atoms with Crippen LogP contribution in [0.3, 0.4) is 0 Å². The van der Waals surface area contributed by atoms with Gasteiger partial charge in [-0.1, -0.05) is 17.8 Å². The Labute approximate surface area is 150 Å². The highest BCUT2D eigenvalue weighted by atomic mass is 32.2. The lowest BCUT2D eigenvalue weighted by atomic mass is 10.3. The molecule has 1 unspecified atom stereocenters. The molecular formula is C17H20FN3O3S. The van der Waals surface area contributed by atoms with Crippen molar-refractivity contribution in [2.45, 2.75) is 31.7 Å². The van der Waals surface area contributed by atoms with Crippen molar-refractivity contribution < 1.29 is 18.7 Å². The van der Waals surface area contributed by atoms with E-state index in [0.717, 1.165) is 0 Å². The average molecular weight is 365 g/mol. The highest BCUT2D eigenvalue weighted by molar-refractivity contribution is 7.99. The standard InChI is InChI=1S/C17H20FN3O3S/c1-4-10-21-16(12(3)24-14-8-6-13(18)7-9-14)19-20-17(21)25-11-15(22)23-5-2/h4,6-9,12H,1,5,10-11H2,2-3H3. The molecule has 1 aromatic carbocycles. The van der Waals surface area contributed by atoms with Crippen LogP contribution < -0.4 is 4.74 Å². The second-order valence-corrected chi connectivity index (χ2v) is 5.99.